The predicted octanol–water partition coefficient (Wildman–Crippen LogP) is 0.699. The molecular formula is C16H29N3O2. The Labute approximate surface area is 128 Å². The van der Waals surface area contributed by atoms with Crippen molar-refractivity contribution in [3.63, 3.8) is 0 Å². The molecule has 0 spiro atoms. The van der Waals surface area contributed by atoms with Crippen molar-refractivity contribution in [1.29, 1.82) is 0 Å². The number of nitrogens with zero attached hydrogens (tertiary/aromatic N) is 2. The standard InChI is InChI=1S/C16H29N3O2/c20-16(14-4-1-6-17-12-14)19-8-3-7-18(9-10-19)13-15-5-2-11-21-15/h14-15,17H,1-13H2. The van der Waals surface area contributed by atoms with Crippen LogP contribution in [0.15, 0.2) is 0 Å². The molecule has 120 valence electrons. The van der Waals surface area contributed by atoms with Crippen LogP contribution in [0.25, 0.3) is 0 Å². The van der Waals surface area contributed by atoms with Gasteiger partial charge in [-0.3, -0.25) is 9.69 Å². The molecule has 0 radical (unpaired) electrons. The van der Waals surface area contributed by atoms with Crippen LogP contribution in [0.4, 0.5) is 0 Å². The predicted molar refractivity (Wildman–Crippen MR) is 82.2 cm³/mol. The molecule has 3 aliphatic heterocycles. The number of piperidine rings is 1. The molecule has 3 heterocycles. The van der Waals surface area contributed by atoms with Crippen LogP contribution in [-0.2, 0) is 9.53 Å². The van der Waals surface area contributed by atoms with Crippen molar-refractivity contribution in [1.82, 2.24) is 15.1 Å². The zero-order chi connectivity index (χ0) is 14.5. The van der Waals surface area contributed by atoms with E-state index in [1.54, 1.807) is 0 Å². The van der Waals surface area contributed by atoms with Crippen LogP contribution >= 0.6 is 0 Å². The van der Waals surface area contributed by atoms with E-state index in [2.05, 4.69) is 15.1 Å². The highest BCUT2D eigenvalue weighted by Gasteiger charge is 2.28. The summed E-state index contributed by atoms with van der Waals surface area (Å²) in [5, 5.41) is 3.35. The van der Waals surface area contributed by atoms with Crippen LogP contribution in [-0.4, -0.2) is 74.2 Å². The molecular weight excluding hydrogens is 266 g/mol. The summed E-state index contributed by atoms with van der Waals surface area (Å²) in [7, 11) is 0. The van der Waals surface area contributed by atoms with Gasteiger partial charge in [0.05, 0.1) is 12.0 Å². The quantitative estimate of drug-likeness (QED) is 0.832. The van der Waals surface area contributed by atoms with Gasteiger partial charge in [0, 0.05) is 39.3 Å². The minimum atomic E-state index is 0.212. The maximum atomic E-state index is 12.6. The van der Waals surface area contributed by atoms with Gasteiger partial charge in [-0.1, -0.05) is 0 Å². The molecule has 1 N–H and O–H groups in total. The second-order valence-corrected chi connectivity index (χ2v) is 6.66. The summed E-state index contributed by atoms with van der Waals surface area (Å²) >= 11 is 0. The van der Waals surface area contributed by atoms with Crippen LogP contribution in [0.1, 0.15) is 32.1 Å². The minimum Gasteiger partial charge on any atom is -0.377 e. The molecule has 0 aromatic rings. The van der Waals surface area contributed by atoms with Gasteiger partial charge in [0.25, 0.3) is 0 Å². The molecule has 3 aliphatic rings. The van der Waals surface area contributed by atoms with Crippen molar-refractivity contribution in [2.45, 2.75) is 38.2 Å². The first-order chi connectivity index (χ1) is 10.3. The molecule has 5 nitrogen and oxygen atoms in total. The van der Waals surface area contributed by atoms with Crippen LogP contribution in [0.3, 0.4) is 0 Å². The van der Waals surface area contributed by atoms with Crippen molar-refractivity contribution in [2.75, 3.05) is 52.4 Å². The van der Waals surface area contributed by atoms with Crippen molar-refractivity contribution in [3.05, 3.63) is 0 Å². The number of ether oxygens (including phenoxy) is 1. The number of nitrogens with one attached hydrogen (secondary N) is 1. The third-order valence-corrected chi connectivity index (χ3v) is 5.03. The van der Waals surface area contributed by atoms with Gasteiger partial charge >= 0.3 is 0 Å². The summed E-state index contributed by atoms with van der Waals surface area (Å²) in [4.78, 5) is 17.2. The van der Waals surface area contributed by atoms with Crippen molar-refractivity contribution < 1.29 is 9.53 Å². The highest BCUT2D eigenvalue weighted by atomic mass is 16.5. The normalized spacial score (nSPS) is 32.1. The molecule has 3 saturated heterocycles. The van der Waals surface area contributed by atoms with Crippen molar-refractivity contribution >= 4 is 5.91 Å². The van der Waals surface area contributed by atoms with Crippen molar-refractivity contribution in [3.8, 4) is 0 Å². The van der Waals surface area contributed by atoms with Gasteiger partial charge < -0.3 is 15.0 Å². The first kappa shape index (κ1) is 15.3. The molecule has 21 heavy (non-hydrogen) atoms. The summed E-state index contributed by atoms with van der Waals surface area (Å²) in [5.74, 6) is 0.588. The molecule has 0 bridgehead atoms. The molecule has 3 fully saturated rings. The Balaban J connectivity index is 1.46. The fraction of sp³-hybridized carbons (Fsp3) is 0.938. The highest BCUT2D eigenvalue weighted by molar-refractivity contribution is 5.79. The largest absolute Gasteiger partial charge is 0.377 e. The van der Waals surface area contributed by atoms with Crippen molar-refractivity contribution in [2.24, 2.45) is 5.92 Å². The Morgan fingerprint density at radius 1 is 1.10 bits per heavy atom. The first-order valence-corrected chi connectivity index (χ1v) is 8.66. The Morgan fingerprint density at radius 3 is 2.81 bits per heavy atom. The molecule has 0 saturated carbocycles. The van der Waals surface area contributed by atoms with Crippen LogP contribution in [0.2, 0.25) is 0 Å². The van der Waals surface area contributed by atoms with E-state index in [4.69, 9.17) is 4.74 Å². The zero-order valence-electron chi connectivity index (χ0n) is 13.1. The summed E-state index contributed by atoms with van der Waals surface area (Å²) in [5.41, 5.74) is 0. The number of amides is 1. The fourth-order valence-electron chi connectivity index (χ4n) is 3.77. The monoisotopic (exact) mass is 295 g/mol. The van der Waals surface area contributed by atoms with Gasteiger partial charge in [-0.2, -0.15) is 0 Å². The molecule has 2 atom stereocenters. The van der Waals surface area contributed by atoms with E-state index in [9.17, 15) is 4.79 Å². The average molecular weight is 295 g/mol. The lowest BCUT2D eigenvalue weighted by Crippen LogP contribution is -2.44. The maximum absolute atomic E-state index is 12.6. The lowest BCUT2D eigenvalue weighted by atomic mass is 9.98. The second-order valence-electron chi connectivity index (χ2n) is 6.66. The smallest absolute Gasteiger partial charge is 0.227 e. The van der Waals surface area contributed by atoms with Gasteiger partial charge in [-0.15, -0.1) is 0 Å². The average Bonchev–Trinajstić information content (AvgIpc) is 2.92. The van der Waals surface area contributed by atoms with E-state index in [0.29, 0.717) is 12.0 Å². The Morgan fingerprint density at radius 2 is 2.05 bits per heavy atom. The van der Waals surface area contributed by atoms with Crippen LogP contribution in [0.5, 0.6) is 0 Å². The van der Waals surface area contributed by atoms with E-state index >= 15 is 0 Å². The third kappa shape index (κ3) is 4.18. The molecule has 2 unspecified atom stereocenters. The van der Waals surface area contributed by atoms with Gasteiger partial charge in [0.15, 0.2) is 0 Å². The maximum Gasteiger partial charge on any atom is 0.227 e. The number of carbonyl (C=O) groups is 1. The topological polar surface area (TPSA) is 44.8 Å². The lowest BCUT2D eigenvalue weighted by Gasteiger charge is -2.29. The van der Waals surface area contributed by atoms with E-state index in [-0.39, 0.29) is 5.92 Å². The number of rotatable bonds is 3. The SMILES string of the molecule is O=C(C1CCCNC1)N1CCCN(CC2CCCO2)CC1. The molecule has 0 aliphatic carbocycles. The molecule has 5 heteroatoms. The van der Waals surface area contributed by atoms with E-state index in [1.807, 2.05) is 0 Å². The Kier molecular flexibility index (Phi) is 5.49. The van der Waals surface area contributed by atoms with E-state index in [0.717, 1.165) is 71.7 Å². The minimum absolute atomic E-state index is 0.212. The summed E-state index contributed by atoms with van der Waals surface area (Å²) in [6.07, 6.45) is 6.12. The molecule has 3 rings (SSSR count). The summed E-state index contributed by atoms with van der Waals surface area (Å²) in [6, 6.07) is 0. The Bertz CT molecular complexity index is 338. The highest BCUT2D eigenvalue weighted by Crippen LogP contribution is 2.17. The lowest BCUT2D eigenvalue weighted by molar-refractivity contribution is -0.135. The molecule has 0 aromatic carbocycles. The van der Waals surface area contributed by atoms with Crippen LogP contribution < -0.4 is 5.32 Å². The van der Waals surface area contributed by atoms with Gasteiger partial charge in [0.1, 0.15) is 0 Å². The van der Waals surface area contributed by atoms with Crippen LogP contribution in [0, 0.1) is 5.92 Å². The van der Waals surface area contributed by atoms with Gasteiger partial charge in [0.2, 0.25) is 5.91 Å². The number of hydrogen-bond donors (Lipinski definition) is 1. The van der Waals surface area contributed by atoms with E-state index in [1.165, 1.54) is 12.8 Å². The second kappa shape index (κ2) is 7.56. The van der Waals surface area contributed by atoms with Gasteiger partial charge in [-0.25, -0.2) is 0 Å². The number of carbonyl (C=O) groups excluding carboxylic acids is 1. The van der Waals surface area contributed by atoms with Gasteiger partial charge in [-0.05, 0) is 45.2 Å². The Hall–Kier alpha value is -0.650. The first-order valence-electron chi connectivity index (χ1n) is 8.66. The summed E-state index contributed by atoms with van der Waals surface area (Å²) < 4.78 is 5.74. The third-order valence-electron chi connectivity index (χ3n) is 5.03. The summed E-state index contributed by atoms with van der Waals surface area (Å²) in [6.45, 7) is 7.84. The number of hydrogen-bond acceptors (Lipinski definition) is 4. The molecule has 0 aromatic heterocycles. The zero-order valence-corrected chi connectivity index (χ0v) is 13.1. The fourth-order valence-corrected chi connectivity index (χ4v) is 3.77. The molecule has 1 amide bonds. The van der Waals surface area contributed by atoms with E-state index < -0.39 is 0 Å².